The Morgan fingerprint density at radius 3 is 2.67 bits per heavy atom. The Morgan fingerprint density at radius 1 is 1.39 bits per heavy atom. The fourth-order valence-corrected chi connectivity index (χ4v) is 1.77. The highest BCUT2D eigenvalue weighted by Gasteiger charge is 2.18. The minimum absolute atomic E-state index is 0.0404. The van der Waals surface area contributed by atoms with Crippen LogP contribution in [-0.4, -0.2) is 26.9 Å². The van der Waals surface area contributed by atoms with Crippen LogP contribution in [0.25, 0.3) is 0 Å². The summed E-state index contributed by atoms with van der Waals surface area (Å²) in [5, 5.41) is 0. The zero-order chi connectivity index (χ0) is 13.5. The molecule has 0 saturated heterocycles. The Balaban J connectivity index is 2.81. The molecule has 1 atom stereocenters. The fourth-order valence-electron chi connectivity index (χ4n) is 1.20. The van der Waals surface area contributed by atoms with Crippen molar-refractivity contribution in [2.75, 3.05) is 0 Å². The minimum atomic E-state index is -2.33. The summed E-state index contributed by atoms with van der Waals surface area (Å²) in [6, 6.07) is 5.62. The van der Waals surface area contributed by atoms with Crippen LogP contribution in [0.5, 0.6) is 0 Å². The summed E-state index contributed by atoms with van der Waals surface area (Å²) in [5.74, 6) is -1.64. The smallest absolute Gasteiger partial charge is 0.339 e. The van der Waals surface area contributed by atoms with Crippen molar-refractivity contribution < 1.29 is 28.0 Å². The van der Waals surface area contributed by atoms with Crippen LogP contribution in [0.15, 0.2) is 29.2 Å². The van der Waals surface area contributed by atoms with Crippen molar-refractivity contribution in [3.8, 4) is 0 Å². The van der Waals surface area contributed by atoms with Gasteiger partial charge in [0, 0.05) is 5.56 Å². The largest absolute Gasteiger partial charge is 0.341 e. The fraction of sp³-hybridized carbons (Fsp3) is 0.100. The average Bonchev–Trinajstić information content (AvgIpc) is 2.36. The molecule has 7 nitrogen and oxygen atoms in total. The number of rotatable bonds is 6. The Hall–Kier alpha value is -2.06. The Kier molecular flexibility index (Phi) is 5.15. The molecule has 1 amide bonds. The van der Waals surface area contributed by atoms with Gasteiger partial charge in [-0.05, 0) is 6.07 Å². The van der Waals surface area contributed by atoms with Crippen molar-refractivity contribution in [3.05, 3.63) is 29.8 Å². The number of hydrogen-bond donors (Lipinski definition) is 2. The van der Waals surface area contributed by atoms with E-state index in [1.165, 1.54) is 24.3 Å². The molecule has 2 N–H and O–H groups in total. The Morgan fingerprint density at radius 2 is 2.06 bits per heavy atom. The highest BCUT2D eigenvalue weighted by atomic mass is 32.2. The monoisotopic (exact) mass is 271 g/mol. The topological polar surface area (TPSA) is 110 Å². The lowest BCUT2D eigenvalue weighted by atomic mass is 10.1. The van der Waals surface area contributed by atoms with Gasteiger partial charge in [0.25, 0.3) is 0 Å². The first kappa shape index (κ1) is 14.0. The van der Waals surface area contributed by atoms with Crippen molar-refractivity contribution in [1.82, 2.24) is 5.48 Å². The van der Waals surface area contributed by atoms with Gasteiger partial charge in [0.1, 0.15) is 6.42 Å². The third-order valence-corrected chi connectivity index (χ3v) is 2.63. The summed E-state index contributed by atoms with van der Waals surface area (Å²) in [6.45, 7) is 0. The van der Waals surface area contributed by atoms with Crippen LogP contribution in [0.1, 0.15) is 16.8 Å². The molecule has 96 valence electrons. The molecule has 1 rings (SSSR count). The zero-order valence-electron chi connectivity index (χ0n) is 8.99. The number of nitrogens with one attached hydrogen (secondary N) is 1. The number of Topliss-reactive ketones (excluding diaryl/α,β-unsaturated/α-hetero) is 1. The molecule has 0 aliphatic rings. The van der Waals surface area contributed by atoms with E-state index in [1.54, 1.807) is 5.48 Å². The number of ketones is 1. The molecular formula is C10H9NO6S. The summed E-state index contributed by atoms with van der Waals surface area (Å²) in [6.07, 6.45) is -0.506. The van der Waals surface area contributed by atoms with Crippen LogP contribution < -0.4 is 5.48 Å². The van der Waals surface area contributed by atoms with E-state index < -0.39 is 29.3 Å². The first-order valence-corrected chi connectivity index (χ1v) is 5.79. The van der Waals surface area contributed by atoms with Gasteiger partial charge in [-0.15, -0.1) is 0 Å². The zero-order valence-corrected chi connectivity index (χ0v) is 9.81. The minimum Gasteiger partial charge on any atom is -0.341 e. The molecule has 18 heavy (non-hydrogen) atoms. The third-order valence-electron chi connectivity index (χ3n) is 1.90. The van der Waals surface area contributed by atoms with Crippen LogP contribution in [0.2, 0.25) is 0 Å². The van der Waals surface area contributed by atoms with E-state index in [4.69, 9.17) is 4.55 Å². The first-order chi connectivity index (χ1) is 8.56. The number of carbonyl (C=O) groups excluding carboxylic acids is 3. The van der Waals surface area contributed by atoms with E-state index in [1.807, 2.05) is 0 Å². The summed E-state index contributed by atoms with van der Waals surface area (Å²) >= 11 is -2.33. The van der Waals surface area contributed by atoms with Crippen LogP contribution in [0, 0.1) is 0 Å². The van der Waals surface area contributed by atoms with Crippen molar-refractivity contribution in [2.45, 2.75) is 11.3 Å². The second-order valence-electron chi connectivity index (χ2n) is 3.06. The summed E-state index contributed by atoms with van der Waals surface area (Å²) in [5.41, 5.74) is 1.61. The lowest BCUT2D eigenvalue weighted by Crippen LogP contribution is -2.21. The van der Waals surface area contributed by atoms with E-state index in [-0.39, 0.29) is 16.9 Å². The van der Waals surface area contributed by atoms with Crippen LogP contribution in [0.4, 0.5) is 0 Å². The van der Waals surface area contributed by atoms with E-state index in [2.05, 4.69) is 4.84 Å². The van der Waals surface area contributed by atoms with Crippen LogP contribution in [0.3, 0.4) is 0 Å². The number of carbonyl (C=O) groups is 3. The van der Waals surface area contributed by atoms with Crippen molar-refractivity contribution in [3.63, 3.8) is 0 Å². The molecule has 1 aromatic rings. The Labute approximate surface area is 104 Å². The molecule has 0 bridgehead atoms. The molecule has 1 aromatic carbocycles. The van der Waals surface area contributed by atoms with Gasteiger partial charge in [-0.3, -0.25) is 9.59 Å². The number of hydroxylamine groups is 1. The van der Waals surface area contributed by atoms with Gasteiger partial charge in [-0.25, -0.2) is 9.00 Å². The second-order valence-corrected chi connectivity index (χ2v) is 3.99. The number of amides is 1. The molecule has 0 spiro atoms. The van der Waals surface area contributed by atoms with E-state index in [0.717, 1.165) is 0 Å². The van der Waals surface area contributed by atoms with Gasteiger partial charge in [-0.2, -0.15) is 5.48 Å². The van der Waals surface area contributed by atoms with Crippen LogP contribution in [-0.2, 0) is 25.5 Å². The molecule has 0 radical (unpaired) electrons. The maximum atomic E-state index is 11.7. The molecule has 0 aliphatic carbocycles. The third kappa shape index (κ3) is 3.75. The SMILES string of the molecule is O=CNOC(=O)CC(=O)c1ccccc1S(=O)O. The molecule has 0 aliphatic heterocycles. The first-order valence-electron chi connectivity index (χ1n) is 4.68. The molecule has 8 heteroatoms. The van der Waals surface area contributed by atoms with Gasteiger partial charge in [0.05, 0.1) is 4.90 Å². The average molecular weight is 271 g/mol. The predicted octanol–water partition coefficient (Wildman–Crippen LogP) is 0.0442. The molecular weight excluding hydrogens is 262 g/mol. The summed E-state index contributed by atoms with van der Waals surface area (Å²) in [4.78, 5) is 36.7. The summed E-state index contributed by atoms with van der Waals surface area (Å²) in [7, 11) is 0. The maximum Gasteiger partial charge on any atom is 0.339 e. The molecule has 1 unspecified atom stereocenters. The number of benzene rings is 1. The van der Waals surface area contributed by atoms with Gasteiger partial charge >= 0.3 is 5.97 Å². The van der Waals surface area contributed by atoms with Gasteiger partial charge in [0.15, 0.2) is 16.9 Å². The molecule has 0 fully saturated rings. The molecule has 0 heterocycles. The standard InChI is InChI=1S/C10H9NO6S/c12-6-11-17-10(14)5-8(13)7-3-1-2-4-9(7)18(15)16/h1-4,6H,5H2,(H,11,12)(H,15,16). The molecule has 0 saturated carbocycles. The van der Waals surface area contributed by atoms with E-state index >= 15 is 0 Å². The van der Waals surface area contributed by atoms with Gasteiger partial charge < -0.3 is 9.39 Å². The van der Waals surface area contributed by atoms with Gasteiger partial charge in [-0.1, -0.05) is 18.2 Å². The highest BCUT2D eigenvalue weighted by Crippen LogP contribution is 2.14. The normalized spacial score (nSPS) is 11.4. The van der Waals surface area contributed by atoms with Crippen LogP contribution >= 0.6 is 0 Å². The second kappa shape index (κ2) is 6.62. The predicted molar refractivity (Wildman–Crippen MR) is 59.7 cm³/mol. The Bertz CT molecular complexity index is 501. The van der Waals surface area contributed by atoms with Crippen molar-refractivity contribution >= 4 is 29.2 Å². The van der Waals surface area contributed by atoms with Crippen molar-refractivity contribution in [2.24, 2.45) is 0 Å². The lowest BCUT2D eigenvalue weighted by molar-refractivity contribution is -0.153. The van der Waals surface area contributed by atoms with Gasteiger partial charge in [0.2, 0.25) is 6.41 Å². The molecule has 0 aromatic heterocycles. The maximum absolute atomic E-state index is 11.7. The number of hydrogen-bond acceptors (Lipinski definition) is 5. The van der Waals surface area contributed by atoms with E-state index in [9.17, 15) is 18.6 Å². The lowest BCUT2D eigenvalue weighted by Gasteiger charge is -2.04. The van der Waals surface area contributed by atoms with Crippen molar-refractivity contribution in [1.29, 1.82) is 0 Å². The summed E-state index contributed by atoms with van der Waals surface area (Å²) < 4.78 is 19.9. The highest BCUT2D eigenvalue weighted by molar-refractivity contribution is 7.79. The quantitative estimate of drug-likeness (QED) is 0.248. The van der Waals surface area contributed by atoms with E-state index in [0.29, 0.717) is 0 Å².